The fourth-order valence-electron chi connectivity index (χ4n) is 0.487. The van der Waals surface area contributed by atoms with Gasteiger partial charge in [0.1, 0.15) is 0 Å². The van der Waals surface area contributed by atoms with Gasteiger partial charge in [0.05, 0.1) is 0 Å². The van der Waals surface area contributed by atoms with Crippen LogP contribution < -0.4 is 5.54 Å². The Kier molecular flexibility index (Phi) is 7.72. The number of ether oxygens (including phenoxy) is 1. The van der Waals surface area contributed by atoms with E-state index in [0.717, 1.165) is 19.4 Å². The quantitative estimate of drug-likeness (QED) is 0.437. The van der Waals surface area contributed by atoms with Crippen LogP contribution in [0.5, 0.6) is 0 Å². The first-order valence-electron chi connectivity index (χ1n) is 3.33. The average molecular weight is 135 g/mol. The smallest absolute Gasteiger partial charge is 0.0479 e. The molecule has 0 saturated heterocycles. The van der Waals surface area contributed by atoms with Crippen LogP contribution >= 0.6 is 0 Å². The highest BCUT2D eigenvalue weighted by molar-refractivity contribution is 4.35. The van der Waals surface area contributed by atoms with E-state index < -0.39 is 0 Å². The van der Waals surface area contributed by atoms with E-state index in [2.05, 4.69) is 0 Å². The molecule has 0 fully saturated rings. The molecule has 2 nitrogen and oxygen atoms in total. The van der Waals surface area contributed by atoms with Gasteiger partial charge < -0.3 is 4.74 Å². The summed E-state index contributed by atoms with van der Waals surface area (Å²) in [5, 5.41) is 0. The molecule has 0 aromatic rings. The van der Waals surface area contributed by atoms with Gasteiger partial charge in [0.15, 0.2) is 0 Å². The van der Waals surface area contributed by atoms with E-state index in [0.29, 0.717) is 13.2 Å². The van der Waals surface area contributed by atoms with Crippen LogP contribution in [0.15, 0.2) is 0 Å². The second-order valence-electron chi connectivity index (χ2n) is 1.85. The molecule has 0 heterocycles. The van der Waals surface area contributed by atoms with E-state index >= 15 is 0 Å². The van der Waals surface area contributed by atoms with Crippen molar-refractivity contribution in [1.29, 1.82) is 0 Å². The molecule has 0 atom stereocenters. The molecule has 9 heavy (non-hydrogen) atoms. The summed E-state index contributed by atoms with van der Waals surface area (Å²) in [6.45, 7) is 3.88. The first-order valence-corrected chi connectivity index (χ1v) is 3.33. The van der Waals surface area contributed by atoms with Crippen molar-refractivity contribution in [1.82, 2.24) is 5.54 Å². The largest absolute Gasteiger partial charge is 0.381 e. The van der Waals surface area contributed by atoms with Crippen molar-refractivity contribution < 1.29 is 9.22 Å². The molecule has 3 heteroatoms. The van der Waals surface area contributed by atoms with Crippen molar-refractivity contribution in [3.8, 4) is 0 Å². The Labute approximate surface area is 55.3 Å². The molecule has 0 aromatic carbocycles. The van der Waals surface area contributed by atoms with Gasteiger partial charge in [-0.3, -0.25) is 0 Å². The van der Waals surface area contributed by atoms with Crippen LogP contribution in [-0.4, -0.2) is 19.8 Å². The third-order valence-electron chi connectivity index (χ3n) is 0.908. The topological polar surface area (TPSA) is 21.3 Å². The molecule has 0 aromatic heterocycles. The number of halogens is 1. The maximum atomic E-state index is 11.2. The van der Waals surface area contributed by atoms with Crippen LogP contribution in [-0.2, 0) is 4.74 Å². The van der Waals surface area contributed by atoms with Crippen LogP contribution in [0.4, 0.5) is 4.48 Å². The lowest BCUT2D eigenvalue weighted by atomic mass is 10.4. The summed E-state index contributed by atoms with van der Waals surface area (Å²) in [4.78, 5) is 0. The van der Waals surface area contributed by atoms with Crippen molar-refractivity contribution in [2.45, 2.75) is 19.8 Å². The summed E-state index contributed by atoms with van der Waals surface area (Å²) in [6, 6.07) is 0. The Hall–Kier alpha value is -0.150. The lowest BCUT2D eigenvalue weighted by molar-refractivity contribution is 0.128. The summed E-state index contributed by atoms with van der Waals surface area (Å²) in [5.74, 6) is 0. The van der Waals surface area contributed by atoms with E-state index in [-0.39, 0.29) is 0 Å². The van der Waals surface area contributed by atoms with E-state index in [1.807, 2.05) is 6.92 Å². The molecule has 0 aliphatic rings. The monoisotopic (exact) mass is 135 g/mol. The Morgan fingerprint density at radius 2 is 2.22 bits per heavy atom. The van der Waals surface area contributed by atoms with Gasteiger partial charge in [-0.15, -0.1) is 4.48 Å². The molecule has 1 N–H and O–H groups in total. The Balaban J connectivity index is 2.60. The van der Waals surface area contributed by atoms with Crippen LogP contribution in [0.3, 0.4) is 0 Å². The average Bonchev–Trinajstić information content (AvgIpc) is 1.89. The van der Waals surface area contributed by atoms with Gasteiger partial charge >= 0.3 is 0 Å². The number of nitrogens with one attached hydrogen (secondary N) is 1. The second-order valence-corrected chi connectivity index (χ2v) is 1.85. The van der Waals surface area contributed by atoms with Gasteiger partial charge in [-0.05, 0) is 12.8 Å². The van der Waals surface area contributed by atoms with Crippen molar-refractivity contribution in [3.05, 3.63) is 0 Å². The van der Waals surface area contributed by atoms with Crippen LogP contribution in [0, 0.1) is 0 Å². The molecule has 56 valence electrons. The molecule has 0 aliphatic carbocycles. The van der Waals surface area contributed by atoms with Gasteiger partial charge in [0.2, 0.25) is 0 Å². The van der Waals surface area contributed by atoms with Crippen molar-refractivity contribution >= 4 is 0 Å². The second kappa shape index (κ2) is 7.85. The summed E-state index contributed by atoms with van der Waals surface area (Å²) in [6.07, 6.45) is 1.78. The predicted octanol–water partition coefficient (Wildman–Crippen LogP) is 1.28. The molecule has 0 aliphatic heterocycles. The van der Waals surface area contributed by atoms with Gasteiger partial charge in [0, 0.05) is 19.8 Å². The fraction of sp³-hybridized carbons (Fsp3) is 1.00. The highest BCUT2D eigenvalue weighted by Gasteiger charge is 1.85. The number of rotatable bonds is 6. The van der Waals surface area contributed by atoms with Crippen LogP contribution in [0.25, 0.3) is 0 Å². The minimum absolute atomic E-state index is 0.393. The molecule has 0 unspecified atom stereocenters. The van der Waals surface area contributed by atoms with Gasteiger partial charge in [-0.1, -0.05) is 6.92 Å². The molecule has 0 spiro atoms. The summed E-state index contributed by atoms with van der Waals surface area (Å²) in [7, 11) is 0. The minimum atomic E-state index is 0.393. The zero-order chi connectivity index (χ0) is 6.95. The normalized spacial score (nSPS) is 10.0. The third-order valence-corrected chi connectivity index (χ3v) is 0.908. The lowest BCUT2D eigenvalue weighted by Crippen LogP contribution is -2.06. The van der Waals surface area contributed by atoms with Crippen LogP contribution in [0.2, 0.25) is 0 Å². The van der Waals surface area contributed by atoms with E-state index in [9.17, 15) is 4.48 Å². The van der Waals surface area contributed by atoms with Gasteiger partial charge in [0.25, 0.3) is 0 Å². The summed E-state index contributed by atoms with van der Waals surface area (Å²) in [5.41, 5.74) is 1.56. The predicted molar refractivity (Wildman–Crippen MR) is 34.8 cm³/mol. The highest BCUT2D eigenvalue weighted by Crippen LogP contribution is 1.83. The maximum Gasteiger partial charge on any atom is 0.0479 e. The maximum absolute atomic E-state index is 11.2. The Morgan fingerprint density at radius 3 is 2.78 bits per heavy atom. The number of hydrogen-bond donors (Lipinski definition) is 1. The molecule has 0 radical (unpaired) electrons. The Morgan fingerprint density at radius 1 is 1.44 bits per heavy atom. The van der Waals surface area contributed by atoms with Crippen molar-refractivity contribution in [2.24, 2.45) is 0 Å². The minimum Gasteiger partial charge on any atom is -0.381 e. The molecule has 0 rings (SSSR count). The standard InChI is InChI=1S/C6H14FNO/c1-2-5-9-6-3-4-8-7/h8H,2-6H2,1H3. The van der Waals surface area contributed by atoms with E-state index in [1.165, 1.54) is 0 Å². The zero-order valence-corrected chi connectivity index (χ0v) is 5.82. The van der Waals surface area contributed by atoms with E-state index in [1.54, 1.807) is 5.54 Å². The molecular weight excluding hydrogens is 121 g/mol. The number of hydrogen-bond acceptors (Lipinski definition) is 2. The summed E-state index contributed by atoms with van der Waals surface area (Å²) < 4.78 is 16.3. The van der Waals surface area contributed by atoms with Crippen LogP contribution in [0.1, 0.15) is 19.8 Å². The van der Waals surface area contributed by atoms with E-state index in [4.69, 9.17) is 4.74 Å². The van der Waals surface area contributed by atoms with Gasteiger partial charge in [-0.25, -0.2) is 0 Å². The molecule has 0 amide bonds. The highest BCUT2D eigenvalue weighted by atomic mass is 19.2. The van der Waals surface area contributed by atoms with Crippen molar-refractivity contribution in [2.75, 3.05) is 19.8 Å². The first kappa shape index (κ1) is 8.85. The van der Waals surface area contributed by atoms with Gasteiger partial charge in [-0.2, -0.15) is 5.54 Å². The molecule has 0 bridgehead atoms. The third kappa shape index (κ3) is 7.85. The fourth-order valence-corrected chi connectivity index (χ4v) is 0.487. The summed E-state index contributed by atoms with van der Waals surface area (Å²) >= 11 is 0. The Bertz CT molecular complexity index is 46.3. The molecule has 0 saturated carbocycles. The van der Waals surface area contributed by atoms with Crippen molar-refractivity contribution in [3.63, 3.8) is 0 Å². The molecular formula is C6H14FNO. The lowest BCUT2D eigenvalue weighted by Gasteiger charge is -1.98. The first-order chi connectivity index (χ1) is 4.41. The SMILES string of the molecule is CCCOCCCNF. The zero-order valence-electron chi connectivity index (χ0n) is 5.82.